The Morgan fingerprint density at radius 3 is 1.94 bits per heavy atom. The number of fused-ring (bicyclic) bond motifs is 2. The molecule has 0 saturated carbocycles. The molecule has 0 fully saturated rings. The van der Waals surface area contributed by atoms with Gasteiger partial charge in [0.15, 0.2) is 0 Å². The molecule has 0 radical (unpaired) electrons. The predicted octanol–water partition coefficient (Wildman–Crippen LogP) is 3.45. The van der Waals surface area contributed by atoms with Crippen LogP contribution in [0, 0.1) is 11.3 Å². The smallest absolute Gasteiger partial charge is 0.0712 e. The molecule has 0 saturated heterocycles. The summed E-state index contributed by atoms with van der Waals surface area (Å²) in [7, 11) is 0. The molecule has 0 aliphatic carbocycles. The molecule has 2 heteroatoms. The minimum atomic E-state index is 0.420. The van der Waals surface area contributed by atoms with Gasteiger partial charge >= 0.3 is 0 Å². The third-order valence-corrected chi connectivity index (χ3v) is 2.96. The molecule has 0 bridgehead atoms. The summed E-state index contributed by atoms with van der Waals surface area (Å²) in [5, 5.41) is 11.1. The SMILES string of the molecule is N#CCc1c2ccccc2nc2ccccc12. The highest BCUT2D eigenvalue weighted by molar-refractivity contribution is 5.97. The lowest BCUT2D eigenvalue weighted by atomic mass is 10.0. The van der Waals surface area contributed by atoms with Crippen LogP contribution in [0.15, 0.2) is 48.5 Å². The van der Waals surface area contributed by atoms with Gasteiger partial charge in [-0.3, -0.25) is 0 Å². The summed E-state index contributed by atoms with van der Waals surface area (Å²) in [5.74, 6) is 0. The number of hydrogen-bond donors (Lipinski definition) is 0. The van der Waals surface area contributed by atoms with E-state index in [0.717, 1.165) is 27.4 Å². The number of pyridine rings is 1. The van der Waals surface area contributed by atoms with E-state index in [-0.39, 0.29) is 0 Å². The van der Waals surface area contributed by atoms with Crippen LogP contribution in [0.2, 0.25) is 0 Å². The van der Waals surface area contributed by atoms with Crippen LogP contribution in [0.1, 0.15) is 5.56 Å². The Hall–Kier alpha value is -2.40. The largest absolute Gasteiger partial charge is 0.248 e. The van der Waals surface area contributed by atoms with Crippen LogP contribution in [0.5, 0.6) is 0 Å². The van der Waals surface area contributed by atoms with Crippen molar-refractivity contribution in [3.05, 3.63) is 54.1 Å². The molecule has 0 amide bonds. The number of benzene rings is 2. The summed E-state index contributed by atoms with van der Waals surface area (Å²) in [5.41, 5.74) is 2.99. The zero-order valence-electron chi connectivity index (χ0n) is 9.22. The van der Waals surface area contributed by atoms with E-state index in [9.17, 15) is 0 Å². The van der Waals surface area contributed by atoms with Gasteiger partial charge in [0.25, 0.3) is 0 Å². The Balaban J connectivity index is 2.52. The van der Waals surface area contributed by atoms with Gasteiger partial charge in [-0.25, -0.2) is 4.98 Å². The Morgan fingerprint density at radius 2 is 1.41 bits per heavy atom. The number of hydrogen-bond acceptors (Lipinski definition) is 2. The van der Waals surface area contributed by atoms with Crippen LogP contribution in [0.4, 0.5) is 0 Å². The maximum absolute atomic E-state index is 8.97. The Bertz CT molecular complexity index is 685. The van der Waals surface area contributed by atoms with Crippen LogP contribution < -0.4 is 0 Å². The average Bonchev–Trinajstić information content (AvgIpc) is 2.39. The molecule has 80 valence electrons. The summed E-state index contributed by atoms with van der Waals surface area (Å²) in [6.07, 6.45) is 0.420. The number of rotatable bonds is 1. The van der Waals surface area contributed by atoms with E-state index < -0.39 is 0 Å². The van der Waals surface area contributed by atoms with Crippen molar-refractivity contribution in [3.63, 3.8) is 0 Å². The molecule has 0 spiro atoms. The van der Waals surface area contributed by atoms with Crippen molar-refractivity contribution < 1.29 is 0 Å². The van der Waals surface area contributed by atoms with E-state index >= 15 is 0 Å². The molecular weight excluding hydrogens is 208 g/mol. The van der Waals surface area contributed by atoms with Crippen molar-refractivity contribution in [2.24, 2.45) is 0 Å². The van der Waals surface area contributed by atoms with E-state index in [2.05, 4.69) is 11.1 Å². The first-order chi connectivity index (χ1) is 8.40. The Labute approximate surface area is 99.1 Å². The molecule has 17 heavy (non-hydrogen) atoms. The fourth-order valence-corrected chi connectivity index (χ4v) is 2.20. The first kappa shape index (κ1) is 9.80. The number of nitrogens with zero attached hydrogens (tertiary/aromatic N) is 2. The van der Waals surface area contributed by atoms with Crippen molar-refractivity contribution in [3.8, 4) is 6.07 Å². The zero-order valence-corrected chi connectivity index (χ0v) is 9.22. The molecular formula is C15H10N2. The standard InChI is InChI=1S/C15H10N2/c16-10-9-11-12-5-1-3-7-14(12)17-15-8-4-2-6-13(11)15/h1-8H,9H2. The van der Waals surface area contributed by atoms with Gasteiger partial charge in [0.05, 0.1) is 23.5 Å². The van der Waals surface area contributed by atoms with Crippen LogP contribution in [0.25, 0.3) is 21.8 Å². The monoisotopic (exact) mass is 218 g/mol. The number of nitriles is 1. The van der Waals surface area contributed by atoms with E-state index in [1.54, 1.807) is 0 Å². The second-order valence-corrected chi connectivity index (χ2v) is 3.96. The fraction of sp³-hybridized carbons (Fsp3) is 0.0667. The Kier molecular flexibility index (Phi) is 2.23. The van der Waals surface area contributed by atoms with Gasteiger partial charge in [-0.1, -0.05) is 36.4 Å². The molecule has 2 nitrogen and oxygen atoms in total. The van der Waals surface area contributed by atoms with E-state index in [0.29, 0.717) is 6.42 Å². The maximum atomic E-state index is 8.97. The average molecular weight is 218 g/mol. The quantitative estimate of drug-likeness (QED) is 0.586. The first-order valence-corrected chi connectivity index (χ1v) is 5.53. The maximum Gasteiger partial charge on any atom is 0.0712 e. The minimum absolute atomic E-state index is 0.420. The molecule has 3 rings (SSSR count). The summed E-state index contributed by atoms with van der Waals surface area (Å²) in [6.45, 7) is 0. The van der Waals surface area contributed by atoms with Crippen molar-refractivity contribution >= 4 is 21.8 Å². The summed E-state index contributed by atoms with van der Waals surface area (Å²) < 4.78 is 0. The third kappa shape index (κ3) is 1.53. The highest BCUT2D eigenvalue weighted by Gasteiger charge is 2.07. The number of aromatic nitrogens is 1. The molecule has 0 N–H and O–H groups in total. The van der Waals surface area contributed by atoms with Gasteiger partial charge in [-0.2, -0.15) is 5.26 Å². The van der Waals surface area contributed by atoms with Crippen LogP contribution >= 0.6 is 0 Å². The molecule has 1 aromatic heterocycles. The second kappa shape index (κ2) is 3.88. The third-order valence-electron chi connectivity index (χ3n) is 2.96. The fourth-order valence-electron chi connectivity index (χ4n) is 2.20. The Morgan fingerprint density at radius 1 is 0.882 bits per heavy atom. The predicted molar refractivity (Wildman–Crippen MR) is 68.6 cm³/mol. The van der Waals surface area contributed by atoms with Crippen LogP contribution in [-0.2, 0) is 6.42 Å². The normalized spacial score (nSPS) is 10.5. The zero-order chi connectivity index (χ0) is 11.7. The van der Waals surface area contributed by atoms with Crippen molar-refractivity contribution in [1.82, 2.24) is 4.98 Å². The van der Waals surface area contributed by atoms with Crippen molar-refractivity contribution in [1.29, 1.82) is 5.26 Å². The lowest BCUT2D eigenvalue weighted by Crippen LogP contribution is -1.91. The van der Waals surface area contributed by atoms with Gasteiger partial charge in [0, 0.05) is 10.8 Å². The molecule has 2 aromatic carbocycles. The van der Waals surface area contributed by atoms with Crippen molar-refractivity contribution in [2.45, 2.75) is 6.42 Å². The van der Waals surface area contributed by atoms with E-state index in [4.69, 9.17) is 5.26 Å². The number of para-hydroxylation sites is 2. The molecule has 0 atom stereocenters. The minimum Gasteiger partial charge on any atom is -0.248 e. The summed E-state index contributed by atoms with van der Waals surface area (Å²) in [6, 6.07) is 18.2. The first-order valence-electron chi connectivity index (χ1n) is 5.53. The lowest BCUT2D eigenvalue weighted by Gasteiger charge is -2.07. The van der Waals surface area contributed by atoms with Gasteiger partial charge < -0.3 is 0 Å². The lowest BCUT2D eigenvalue weighted by molar-refractivity contribution is 1.30. The summed E-state index contributed by atoms with van der Waals surface area (Å²) >= 11 is 0. The second-order valence-electron chi connectivity index (χ2n) is 3.96. The molecule has 3 aromatic rings. The van der Waals surface area contributed by atoms with Gasteiger partial charge in [0.1, 0.15) is 0 Å². The van der Waals surface area contributed by atoms with Gasteiger partial charge in [-0.15, -0.1) is 0 Å². The van der Waals surface area contributed by atoms with E-state index in [1.165, 1.54) is 0 Å². The highest BCUT2D eigenvalue weighted by atomic mass is 14.7. The van der Waals surface area contributed by atoms with Crippen LogP contribution in [0.3, 0.4) is 0 Å². The highest BCUT2D eigenvalue weighted by Crippen LogP contribution is 2.25. The molecule has 1 heterocycles. The molecule has 0 unspecified atom stereocenters. The topological polar surface area (TPSA) is 36.7 Å². The molecule has 0 aliphatic heterocycles. The molecule has 0 aliphatic rings. The van der Waals surface area contributed by atoms with Crippen LogP contribution in [-0.4, -0.2) is 4.98 Å². The van der Waals surface area contributed by atoms with E-state index in [1.807, 2.05) is 48.5 Å². The van der Waals surface area contributed by atoms with Gasteiger partial charge in [-0.05, 0) is 17.7 Å². The summed E-state index contributed by atoms with van der Waals surface area (Å²) in [4.78, 5) is 4.61. The van der Waals surface area contributed by atoms with Gasteiger partial charge in [0.2, 0.25) is 0 Å². The van der Waals surface area contributed by atoms with Crippen molar-refractivity contribution in [2.75, 3.05) is 0 Å².